The van der Waals surface area contributed by atoms with Gasteiger partial charge in [-0.15, -0.1) is 13.2 Å². The van der Waals surface area contributed by atoms with E-state index in [2.05, 4.69) is 19.4 Å². The first kappa shape index (κ1) is 27.5. The summed E-state index contributed by atoms with van der Waals surface area (Å²) in [6.45, 7) is 1.59. The van der Waals surface area contributed by atoms with E-state index in [1.807, 2.05) is 24.3 Å². The molecule has 216 valence electrons. The lowest BCUT2D eigenvalue weighted by molar-refractivity contribution is -0.274. The number of fused-ring (bicyclic) bond motifs is 1. The van der Waals surface area contributed by atoms with Crippen molar-refractivity contribution in [2.45, 2.75) is 43.5 Å². The Balaban J connectivity index is 1.45. The van der Waals surface area contributed by atoms with Gasteiger partial charge >= 0.3 is 12.1 Å². The summed E-state index contributed by atoms with van der Waals surface area (Å²) < 4.78 is 76.2. The SMILES string of the molecule is Cc1c(N(Cc2ccc(OC(F)(F)F)cc2)S(=O)(=O)c2ccc(-c3noc(=O)[nH]3)cc2)nc(C2CC2)c2ccccc12. The van der Waals surface area contributed by atoms with E-state index in [1.54, 1.807) is 6.92 Å². The molecule has 2 aromatic heterocycles. The van der Waals surface area contributed by atoms with Crippen molar-refractivity contribution < 1.29 is 30.8 Å². The molecule has 1 aliphatic rings. The van der Waals surface area contributed by atoms with E-state index in [4.69, 9.17) is 4.98 Å². The van der Waals surface area contributed by atoms with E-state index in [0.717, 1.165) is 41.4 Å². The van der Waals surface area contributed by atoms with E-state index in [1.165, 1.54) is 40.7 Å². The van der Waals surface area contributed by atoms with Crippen LogP contribution < -0.4 is 14.8 Å². The van der Waals surface area contributed by atoms with Crippen LogP contribution in [0.1, 0.15) is 35.6 Å². The molecule has 42 heavy (non-hydrogen) atoms. The Bertz CT molecular complexity index is 1930. The molecule has 1 aliphatic carbocycles. The molecule has 1 fully saturated rings. The molecule has 0 radical (unpaired) electrons. The van der Waals surface area contributed by atoms with Crippen molar-refractivity contribution in [2.75, 3.05) is 4.31 Å². The third-order valence-corrected chi connectivity index (χ3v) is 8.76. The molecule has 0 amide bonds. The molecular weight excluding hydrogens is 573 g/mol. The van der Waals surface area contributed by atoms with E-state index >= 15 is 0 Å². The number of alkyl halides is 3. The number of nitrogens with one attached hydrogen (secondary N) is 1. The maximum atomic E-state index is 14.2. The van der Waals surface area contributed by atoms with Gasteiger partial charge in [0.15, 0.2) is 5.82 Å². The predicted molar refractivity (Wildman–Crippen MR) is 148 cm³/mol. The van der Waals surface area contributed by atoms with Gasteiger partial charge in [-0.1, -0.05) is 41.6 Å². The van der Waals surface area contributed by atoms with Crippen LogP contribution in [-0.2, 0) is 16.6 Å². The van der Waals surface area contributed by atoms with Crippen LogP contribution in [0.5, 0.6) is 5.75 Å². The van der Waals surface area contributed by atoms with Gasteiger partial charge < -0.3 is 4.74 Å². The Morgan fingerprint density at radius 3 is 2.26 bits per heavy atom. The normalized spacial score (nSPS) is 13.8. The van der Waals surface area contributed by atoms with Crippen LogP contribution >= 0.6 is 0 Å². The third-order valence-electron chi connectivity index (χ3n) is 7.01. The maximum absolute atomic E-state index is 14.2. The first-order valence-corrected chi connectivity index (χ1v) is 14.4. The number of hydrogen-bond donors (Lipinski definition) is 1. The zero-order valence-electron chi connectivity index (χ0n) is 22.1. The summed E-state index contributed by atoms with van der Waals surface area (Å²) in [6, 6.07) is 18.4. The highest BCUT2D eigenvalue weighted by molar-refractivity contribution is 7.92. The van der Waals surface area contributed by atoms with Gasteiger partial charge in [0.1, 0.15) is 11.6 Å². The number of aryl methyl sites for hydroxylation is 1. The van der Waals surface area contributed by atoms with Gasteiger partial charge in [-0.2, -0.15) is 0 Å². The van der Waals surface area contributed by atoms with E-state index < -0.39 is 27.9 Å². The zero-order valence-corrected chi connectivity index (χ0v) is 22.9. The summed E-state index contributed by atoms with van der Waals surface area (Å²) >= 11 is 0. The van der Waals surface area contributed by atoms with Crippen molar-refractivity contribution in [3.63, 3.8) is 0 Å². The second kappa shape index (κ2) is 10.3. The molecule has 0 saturated heterocycles. The molecule has 0 bridgehead atoms. The first-order chi connectivity index (χ1) is 20.0. The highest BCUT2D eigenvalue weighted by atomic mass is 32.2. The molecule has 13 heteroatoms. The Hall–Kier alpha value is -4.65. The van der Waals surface area contributed by atoms with Gasteiger partial charge in [-0.3, -0.25) is 9.51 Å². The molecular formula is C29H23F3N4O5S. The summed E-state index contributed by atoms with van der Waals surface area (Å²) in [5.41, 5.74) is 2.31. The predicted octanol–water partition coefficient (Wildman–Crippen LogP) is 6.06. The lowest BCUT2D eigenvalue weighted by atomic mass is 10.0. The second-order valence-electron chi connectivity index (χ2n) is 9.94. The largest absolute Gasteiger partial charge is 0.573 e. The number of halogens is 3. The van der Waals surface area contributed by atoms with Gasteiger partial charge in [0, 0.05) is 22.4 Å². The number of aromatic amines is 1. The van der Waals surface area contributed by atoms with Crippen LogP contribution in [0.2, 0.25) is 0 Å². The monoisotopic (exact) mass is 596 g/mol. The van der Waals surface area contributed by atoms with Crippen molar-refractivity contribution in [1.29, 1.82) is 0 Å². The quantitative estimate of drug-likeness (QED) is 0.231. The van der Waals surface area contributed by atoms with Crippen LogP contribution in [0.25, 0.3) is 22.2 Å². The Morgan fingerprint density at radius 2 is 1.67 bits per heavy atom. The molecule has 0 spiro atoms. The van der Waals surface area contributed by atoms with Gasteiger partial charge in [0.25, 0.3) is 10.0 Å². The van der Waals surface area contributed by atoms with Crippen molar-refractivity contribution in [3.8, 4) is 17.1 Å². The second-order valence-corrected chi connectivity index (χ2v) is 11.8. The number of rotatable bonds is 8. The minimum absolute atomic E-state index is 0.0588. The van der Waals surface area contributed by atoms with Crippen LogP contribution in [0.4, 0.5) is 19.0 Å². The summed E-state index contributed by atoms with van der Waals surface area (Å²) in [5.74, 6) is -0.581. The Kier molecular flexibility index (Phi) is 6.76. The fraction of sp³-hybridized carbons (Fsp3) is 0.207. The number of aromatic nitrogens is 3. The molecule has 0 atom stereocenters. The molecule has 2 heterocycles. The number of pyridine rings is 1. The number of ether oxygens (including phenoxy) is 1. The average Bonchev–Trinajstić information content (AvgIpc) is 3.71. The van der Waals surface area contributed by atoms with Gasteiger partial charge in [0.2, 0.25) is 0 Å². The molecule has 0 unspecified atom stereocenters. The number of sulfonamides is 1. The number of benzene rings is 3. The lowest BCUT2D eigenvalue weighted by Crippen LogP contribution is -2.32. The minimum atomic E-state index is -4.85. The highest BCUT2D eigenvalue weighted by Gasteiger charge is 2.33. The lowest BCUT2D eigenvalue weighted by Gasteiger charge is -2.27. The highest BCUT2D eigenvalue weighted by Crippen LogP contribution is 2.44. The van der Waals surface area contributed by atoms with E-state index in [-0.39, 0.29) is 29.0 Å². The molecule has 5 aromatic rings. The topological polar surface area (TPSA) is 118 Å². The smallest absolute Gasteiger partial charge is 0.406 e. The van der Waals surface area contributed by atoms with Gasteiger partial charge in [-0.25, -0.2) is 22.5 Å². The van der Waals surface area contributed by atoms with Gasteiger partial charge in [-0.05, 0) is 67.1 Å². The number of nitrogens with zero attached hydrogens (tertiary/aromatic N) is 3. The van der Waals surface area contributed by atoms with E-state index in [9.17, 15) is 26.4 Å². The number of H-pyrrole nitrogens is 1. The molecule has 6 rings (SSSR count). The van der Waals surface area contributed by atoms with Gasteiger partial charge in [0.05, 0.1) is 17.1 Å². The van der Waals surface area contributed by atoms with Crippen molar-refractivity contribution in [2.24, 2.45) is 0 Å². The summed E-state index contributed by atoms with van der Waals surface area (Å²) in [6.07, 6.45) is -2.97. The number of anilines is 1. The van der Waals surface area contributed by atoms with Crippen molar-refractivity contribution >= 4 is 26.6 Å². The molecule has 1 N–H and O–H groups in total. The standard InChI is InChI=1S/C29H23F3N4O5S/c1-17-23-4-2-3-5-24(23)25(19-8-9-19)33-27(17)36(16-18-6-12-21(13-7-18)40-29(30,31)32)42(38,39)22-14-10-20(11-15-22)26-34-28(37)41-35-26/h2-7,10-15,19H,8-9,16H2,1H3,(H,34,35,37). The fourth-order valence-corrected chi connectivity index (χ4v) is 6.28. The van der Waals surface area contributed by atoms with Crippen LogP contribution in [-0.4, -0.2) is 29.9 Å². The van der Waals surface area contributed by atoms with Crippen LogP contribution in [0.3, 0.4) is 0 Å². The van der Waals surface area contributed by atoms with Crippen molar-refractivity contribution in [3.05, 3.63) is 100 Å². The molecule has 9 nitrogen and oxygen atoms in total. The molecule has 0 aliphatic heterocycles. The number of hydrogen-bond acceptors (Lipinski definition) is 7. The van der Waals surface area contributed by atoms with Crippen LogP contribution in [0.15, 0.2) is 87.0 Å². The first-order valence-electron chi connectivity index (χ1n) is 12.9. The zero-order chi connectivity index (χ0) is 29.6. The van der Waals surface area contributed by atoms with Crippen LogP contribution in [0, 0.1) is 6.92 Å². The molecule has 3 aromatic carbocycles. The summed E-state index contributed by atoms with van der Waals surface area (Å²) in [7, 11) is -4.25. The van der Waals surface area contributed by atoms with E-state index in [0.29, 0.717) is 16.7 Å². The summed E-state index contributed by atoms with van der Waals surface area (Å²) in [5, 5.41) is 5.45. The average molecular weight is 597 g/mol. The minimum Gasteiger partial charge on any atom is -0.406 e. The molecule has 1 saturated carbocycles. The third kappa shape index (κ3) is 5.47. The Morgan fingerprint density at radius 1 is 1.00 bits per heavy atom. The fourth-order valence-electron chi connectivity index (χ4n) is 4.83. The van der Waals surface area contributed by atoms with Crippen molar-refractivity contribution in [1.82, 2.24) is 15.1 Å². The maximum Gasteiger partial charge on any atom is 0.573 e. The summed E-state index contributed by atoms with van der Waals surface area (Å²) in [4.78, 5) is 18.6. The Labute approximate surface area is 237 Å².